The molecule has 2 atom stereocenters. The molecule has 0 amide bonds. The predicted molar refractivity (Wildman–Crippen MR) is 83.4 cm³/mol. The van der Waals surface area contributed by atoms with Gasteiger partial charge in [0.05, 0.1) is 0 Å². The maximum atomic E-state index is 12.6. The highest BCUT2D eigenvalue weighted by atomic mass is 32.2. The first-order chi connectivity index (χ1) is 11.2. The summed E-state index contributed by atoms with van der Waals surface area (Å²) in [6.07, 6.45) is 3.33. The van der Waals surface area contributed by atoms with E-state index in [1.54, 1.807) is 6.07 Å². The molecule has 1 aliphatic heterocycles. The first-order valence-electron chi connectivity index (χ1n) is 8.11. The van der Waals surface area contributed by atoms with Crippen LogP contribution in [-0.2, 0) is 16.5 Å². The quantitative estimate of drug-likeness (QED) is 0.607. The van der Waals surface area contributed by atoms with Crippen LogP contribution >= 0.6 is 0 Å². The molecule has 4 nitrogen and oxygen atoms in total. The van der Waals surface area contributed by atoms with Gasteiger partial charge in [0.25, 0.3) is 0 Å². The molecule has 8 heteroatoms. The van der Waals surface area contributed by atoms with Crippen LogP contribution in [0.2, 0.25) is 0 Å². The van der Waals surface area contributed by atoms with Crippen LogP contribution in [0.5, 0.6) is 5.75 Å². The molecule has 0 spiro atoms. The van der Waals surface area contributed by atoms with Crippen molar-refractivity contribution in [1.29, 1.82) is 0 Å². The Morgan fingerprint density at radius 2 is 2.04 bits per heavy atom. The number of benzene rings is 1. The van der Waals surface area contributed by atoms with E-state index in [0.717, 1.165) is 37.9 Å². The van der Waals surface area contributed by atoms with Crippen LogP contribution in [0, 0.1) is 0 Å². The van der Waals surface area contributed by atoms with E-state index < -0.39 is 15.6 Å². The van der Waals surface area contributed by atoms with Crippen molar-refractivity contribution < 1.29 is 25.8 Å². The number of hydrogen-bond donors (Lipinski definition) is 0. The largest absolute Gasteiger partial charge is 0.534 e. The Morgan fingerprint density at radius 1 is 1.29 bits per heavy atom. The molecular weight excluding hydrogens is 343 g/mol. The number of fused-ring (bicyclic) bond motifs is 3. The first-order valence-corrected chi connectivity index (χ1v) is 9.52. The molecule has 3 rings (SSSR count). The third kappa shape index (κ3) is 3.01. The highest BCUT2D eigenvalue weighted by molar-refractivity contribution is 7.88. The van der Waals surface area contributed by atoms with Crippen LogP contribution in [0.3, 0.4) is 0 Å². The van der Waals surface area contributed by atoms with Crippen molar-refractivity contribution >= 4 is 10.1 Å². The molecule has 0 aromatic heterocycles. The molecule has 0 radical (unpaired) electrons. The molecule has 1 aromatic carbocycles. The maximum Gasteiger partial charge on any atom is 0.534 e. The monoisotopic (exact) mass is 363 g/mol. The van der Waals surface area contributed by atoms with Gasteiger partial charge in [0.2, 0.25) is 0 Å². The minimum absolute atomic E-state index is 0.183. The molecule has 134 valence electrons. The second-order valence-corrected chi connectivity index (χ2v) is 7.88. The average molecular weight is 363 g/mol. The Balaban J connectivity index is 1.91. The fraction of sp³-hybridized carbons (Fsp3) is 0.625. The van der Waals surface area contributed by atoms with Crippen LogP contribution in [-0.4, -0.2) is 38.0 Å². The van der Waals surface area contributed by atoms with Gasteiger partial charge in [0.1, 0.15) is 5.75 Å². The van der Waals surface area contributed by atoms with Gasteiger partial charge in [0, 0.05) is 12.0 Å². The van der Waals surface area contributed by atoms with Crippen molar-refractivity contribution in [3.8, 4) is 5.75 Å². The highest BCUT2D eigenvalue weighted by Gasteiger charge is 2.49. The predicted octanol–water partition coefficient (Wildman–Crippen LogP) is 3.43. The summed E-state index contributed by atoms with van der Waals surface area (Å²) < 4.78 is 64.8. The van der Waals surface area contributed by atoms with E-state index in [-0.39, 0.29) is 11.7 Å². The molecular formula is C16H20F3NO3S. The summed E-state index contributed by atoms with van der Waals surface area (Å²) in [4.78, 5) is 2.42. The number of halogens is 3. The van der Waals surface area contributed by atoms with E-state index in [9.17, 15) is 21.6 Å². The molecule has 1 heterocycles. The Morgan fingerprint density at radius 3 is 2.71 bits per heavy atom. The summed E-state index contributed by atoms with van der Waals surface area (Å²) in [6.45, 7) is 4.10. The van der Waals surface area contributed by atoms with Crippen molar-refractivity contribution in [3.05, 3.63) is 29.3 Å². The lowest BCUT2D eigenvalue weighted by Crippen LogP contribution is -2.36. The van der Waals surface area contributed by atoms with Crippen LogP contribution in [0.15, 0.2) is 18.2 Å². The van der Waals surface area contributed by atoms with Gasteiger partial charge in [-0.15, -0.1) is 0 Å². The SMILES string of the molecule is CCCN1CC[C@@H]2c3cccc(OS(=O)(=O)C(F)(F)F)c3CC[C@H]21. The van der Waals surface area contributed by atoms with Crippen LogP contribution in [0.1, 0.15) is 43.2 Å². The molecule has 2 aliphatic rings. The van der Waals surface area contributed by atoms with Gasteiger partial charge in [-0.1, -0.05) is 19.1 Å². The molecule has 0 N–H and O–H groups in total. The number of alkyl halides is 3. The number of hydrogen-bond acceptors (Lipinski definition) is 4. The van der Waals surface area contributed by atoms with E-state index in [0.29, 0.717) is 18.0 Å². The molecule has 24 heavy (non-hydrogen) atoms. The van der Waals surface area contributed by atoms with E-state index >= 15 is 0 Å². The fourth-order valence-corrected chi connectivity index (χ4v) is 4.45. The Bertz CT molecular complexity index is 718. The Hall–Kier alpha value is -1.28. The second kappa shape index (κ2) is 6.22. The summed E-state index contributed by atoms with van der Waals surface area (Å²) in [5.74, 6) is 0.0506. The van der Waals surface area contributed by atoms with Gasteiger partial charge >= 0.3 is 15.6 Å². The normalized spacial score (nSPS) is 24.5. The summed E-state index contributed by atoms with van der Waals surface area (Å²) >= 11 is 0. The molecule has 1 aliphatic carbocycles. The van der Waals surface area contributed by atoms with Crippen LogP contribution in [0.4, 0.5) is 13.2 Å². The van der Waals surface area contributed by atoms with E-state index in [2.05, 4.69) is 16.0 Å². The smallest absolute Gasteiger partial charge is 0.376 e. The number of nitrogens with zero attached hydrogens (tertiary/aromatic N) is 1. The van der Waals surface area contributed by atoms with Crippen molar-refractivity contribution in [2.45, 2.75) is 50.1 Å². The van der Waals surface area contributed by atoms with Crippen molar-refractivity contribution in [2.24, 2.45) is 0 Å². The zero-order valence-corrected chi connectivity index (χ0v) is 14.2. The molecule has 1 saturated heterocycles. The Kier molecular flexibility index (Phi) is 4.55. The third-order valence-electron chi connectivity index (χ3n) is 4.91. The summed E-state index contributed by atoms with van der Waals surface area (Å²) in [7, 11) is -5.64. The molecule has 1 fully saturated rings. The van der Waals surface area contributed by atoms with Crippen LogP contribution < -0.4 is 4.18 Å². The zero-order valence-electron chi connectivity index (χ0n) is 13.3. The second-order valence-electron chi connectivity index (χ2n) is 6.34. The van der Waals surface area contributed by atoms with Gasteiger partial charge in [-0.2, -0.15) is 21.6 Å². The summed E-state index contributed by atoms with van der Waals surface area (Å²) in [6, 6.07) is 5.15. The lowest BCUT2D eigenvalue weighted by atomic mass is 9.79. The van der Waals surface area contributed by atoms with Crippen LogP contribution in [0.25, 0.3) is 0 Å². The topological polar surface area (TPSA) is 46.6 Å². The van der Waals surface area contributed by atoms with Gasteiger partial charge < -0.3 is 4.18 Å². The zero-order chi connectivity index (χ0) is 17.5. The van der Waals surface area contributed by atoms with Crippen molar-refractivity contribution in [2.75, 3.05) is 13.1 Å². The molecule has 0 bridgehead atoms. The highest BCUT2D eigenvalue weighted by Crippen LogP contribution is 2.44. The third-order valence-corrected chi connectivity index (χ3v) is 5.88. The fourth-order valence-electron chi connectivity index (χ4n) is 3.96. The molecule has 0 unspecified atom stereocenters. The van der Waals surface area contributed by atoms with Gasteiger partial charge in [0.15, 0.2) is 0 Å². The van der Waals surface area contributed by atoms with Crippen molar-refractivity contribution in [3.63, 3.8) is 0 Å². The van der Waals surface area contributed by atoms with E-state index in [4.69, 9.17) is 0 Å². The minimum Gasteiger partial charge on any atom is -0.376 e. The van der Waals surface area contributed by atoms with Gasteiger partial charge in [-0.25, -0.2) is 0 Å². The van der Waals surface area contributed by atoms with E-state index in [1.165, 1.54) is 6.07 Å². The number of rotatable bonds is 4. The lowest BCUT2D eigenvalue weighted by Gasteiger charge is -2.34. The van der Waals surface area contributed by atoms with Crippen molar-refractivity contribution in [1.82, 2.24) is 4.90 Å². The lowest BCUT2D eigenvalue weighted by molar-refractivity contribution is -0.0500. The van der Waals surface area contributed by atoms with Gasteiger partial charge in [-0.3, -0.25) is 4.90 Å². The average Bonchev–Trinajstić information content (AvgIpc) is 2.90. The minimum atomic E-state index is -5.64. The summed E-state index contributed by atoms with van der Waals surface area (Å²) in [5, 5.41) is 0. The van der Waals surface area contributed by atoms with Gasteiger partial charge in [-0.05, 0) is 56.0 Å². The standard InChI is InChI=1S/C16H20F3NO3S/c1-2-9-20-10-8-12-11-4-3-5-15(13(11)6-7-14(12)20)23-24(21,22)16(17,18)19/h3-5,12,14H,2,6-10H2,1H3/t12-,14-/m1/s1. The van der Waals surface area contributed by atoms with E-state index in [1.807, 2.05) is 6.07 Å². The summed E-state index contributed by atoms with van der Waals surface area (Å²) in [5.41, 5.74) is -3.89. The molecule has 0 saturated carbocycles. The first kappa shape index (κ1) is 17.5. The number of likely N-dealkylation sites (tertiary alicyclic amines) is 1. The Labute approximate surface area is 139 Å². The maximum absolute atomic E-state index is 12.6. The molecule has 1 aromatic rings.